The van der Waals surface area contributed by atoms with Gasteiger partial charge in [0.15, 0.2) is 0 Å². The van der Waals surface area contributed by atoms with Crippen LogP contribution in [0.15, 0.2) is 53.9 Å². The lowest BCUT2D eigenvalue weighted by molar-refractivity contribution is -0.119. The van der Waals surface area contributed by atoms with E-state index in [1.165, 1.54) is 16.9 Å². The Morgan fingerprint density at radius 3 is 2.67 bits per heavy atom. The van der Waals surface area contributed by atoms with Crippen LogP contribution in [0.4, 0.5) is 5.69 Å². The molecular formula is C21H20N2O2S2. The Hall–Kier alpha value is -2.44. The number of amides is 2. The van der Waals surface area contributed by atoms with Crippen molar-refractivity contribution in [1.29, 1.82) is 0 Å². The fourth-order valence-electron chi connectivity index (χ4n) is 3.25. The van der Waals surface area contributed by atoms with Gasteiger partial charge in [0.2, 0.25) is 5.91 Å². The van der Waals surface area contributed by atoms with Gasteiger partial charge in [0.1, 0.15) is 6.54 Å². The van der Waals surface area contributed by atoms with E-state index in [2.05, 4.69) is 5.32 Å². The summed E-state index contributed by atoms with van der Waals surface area (Å²) in [7, 11) is 0. The van der Waals surface area contributed by atoms with Crippen molar-refractivity contribution in [3.63, 3.8) is 0 Å². The maximum Gasteiger partial charge on any atom is 0.268 e. The average molecular weight is 397 g/mol. The van der Waals surface area contributed by atoms with Gasteiger partial charge in [-0.05, 0) is 54.5 Å². The first-order chi connectivity index (χ1) is 13.2. The molecular weight excluding hydrogens is 376 g/mol. The highest BCUT2D eigenvalue weighted by Gasteiger charge is 2.25. The van der Waals surface area contributed by atoms with Crippen molar-refractivity contribution in [2.24, 2.45) is 0 Å². The summed E-state index contributed by atoms with van der Waals surface area (Å²) in [6.07, 6.45) is 3.27. The number of para-hydroxylation sites is 1. The normalized spacial score (nSPS) is 12.6. The number of anilines is 1. The summed E-state index contributed by atoms with van der Waals surface area (Å²) in [6.45, 7) is 0.497. The maximum absolute atomic E-state index is 13.2. The van der Waals surface area contributed by atoms with Gasteiger partial charge in [0.25, 0.3) is 5.91 Å². The van der Waals surface area contributed by atoms with Crippen LogP contribution in [0.1, 0.15) is 31.4 Å². The number of nitrogens with zero attached hydrogens (tertiary/aromatic N) is 1. The van der Waals surface area contributed by atoms with Crippen molar-refractivity contribution in [2.45, 2.75) is 25.8 Å². The van der Waals surface area contributed by atoms with Crippen molar-refractivity contribution in [1.82, 2.24) is 5.32 Å². The van der Waals surface area contributed by atoms with E-state index in [1.54, 1.807) is 27.6 Å². The molecule has 0 spiro atoms. The van der Waals surface area contributed by atoms with Crippen LogP contribution in [0.2, 0.25) is 0 Å². The molecule has 0 bridgehead atoms. The lowest BCUT2D eigenvalue weighted by atomic mass is 10.2. The number of carbonyl (C=O) groups is 2. The molecule has 0 saturated carbocycles. The second-order valence-electron chi connectivity index (χ2n) is 6.50. The minimum atomic E-state index is -0.162. The third-order valence-corrected chi connectivity index (χ3v) is 6.71. The molecule has 0 saturated heterocycles. The Kier molecular flexibility index (Phi) is 5.36. The highest BCUT2D eigenvalue weighted by molar-refractivity contribution is 7.14. The Morgan fingerprint density at radius 1 is 1.07 bits per heavy atom. The van der Waals surface area contributed by atoms with Gasteiger partial charge in [0, 0.05) is 15.4 Å². The second-order valence-corrected chi connectivity index (χ2v) is 8.66. The predicted octanol–water partition coefficient (Wildman–Crippen LogP) is 4.26. The number of fused-ring (bicyclic) bond motifs is 1. The van der Waals surface area contributed by atoms with E-state index in [0.717, 1.165) is 28.3 Å². The number of hydrogen-bond donors (Lipinski definition) is 1. The maximum atomic E-state index is 13.2. The van der Waals surface area contributed by atoms with Crippen LogP contribution in [0.3, 0.4) is 0 Å². The van der Waals surface area contributed by atoms with E-state index >= 15 is 0 Å². The van der Waals surface area contributed by atoms with Crippen LogP contribution in [-0.2, 0) is 24.2 Å². The molecule has 0 unspecified atom stereocenters. The SMILES string of the molecule is O=C(CN(C(=O)c1cc2c(s1)CCC2)c1ccccc1)NCc1cccs1. The topological polar surface area (TPSA) is 49.4 Å². The Balaban J connectivity index is 1.51. The van der Waals surface area contributed by atoms with Crippen LogP contribution in [0.25, 0.3) is 0 Å². The zero-order valence-electron chi connectivity index (χ0n) is 14.8. The molecule has 27 heavy (non-hydrogen) atoms. The molecule has 0 aliphatic heterocycles. The van der Waals surface area contributed by atoms with Gasteiger partial charge < -0.3 is 5.32 Å². The van der Waals surface area contributed by atoms with E-state index in [-0.39, 0.29) is 18.4 Å². The minimum Gasteiger partial charge on any atom is -0.350 e. The first-order valence-corrected chi connectivity index (χ1v) is 10.7. The van der Waals surface area contributed by atoms with Gasteiger partial charge in [-0.1, -0.05) is 24.3 Å². The Bertz CT molecular complexity index is 911. The number of hydrogen-bond acceptors (Lipinski definition) is 4. The van der Waals surface area contributed by atoms with E-state index in [0.29, 0.717) is 6.54 Å². The Morgan fingerprint density at radius 2 is 1.93 bits per heavy atom. The number of carbonyl (C=O) groups excluding carboxylic acids is 2. The Labute approximate surface area is 166 Å². The number of aryl methyl sites for hydroxylation is 2. The number of thiophene rings is 2. The van der Waals surface area contributed by atoms with E-state index in [1.807, 2.05) is 53.9 Å². The van der Waals surface area contributed by atoms with Gasteiger partial charge in [-0.25, -0.2) is 0 Å². The molecule has 138 valence electrons. The molecule has 2 aromatic heterocycles. The minimum absolute atomic E-state index is 0.0107. The average Bonchev–Trinajstić information content (AvgIpc) is 3.42. The molecule has 1 N–H and O–H groups in total. The number of rotatable bonds is 6. The van der Waals surface area contributed by atoms with Crippen molar-refractivity contribution >= 4 is 40.2 Å². The first-order valence-electron chi connectivity index (χ1n) is 8.98. The zero-order valence-corrected chi connectivity index (χ0v) is 16.4. The molecule has 1 aliphatic carbocycles. The smallest absolute Gasteiger partial charge is 0.268 e. The molecule has 3 aromatic rings. The predicted molar refractivity (Wildman–Crippen MR) is 111 cm³/mol. The van der Waals surface area contributed by atoms with Gasteiger partial charge in [-0.3, -0.25) is 14.5 Å². The van der Waals surface area contributed by atoms with Crippen molar-refractivity contribution in [3.8, 4) is 0 Å². The van der Waals surface area contributed by atoms with E-state index in [9.17, 15) is 9.59 Å². The highest BCUT2D eigenvalue weighted by atomic mass is 32.1. The van der Waals surface area contributed by atoms with Gasteiger partial charge in [-0.2, -0.15) is 0 Å². The summed E-state index contributed by atoms with van der Waals surface area (Å²) in [5.74, 6) is -0.267. The summed E-state index contributed by atoms with van der Waals surface area (Å²) < 4.78 is 0. The van der Waals surface area contributed by atoms with Gasteiger partial charge >= 0.3 is 0 Å². The third kappa shape index (κ3) is 4.12. The quantitative estimate of drug-likeness (QED) is 0.677. The molecule has 1 aromatic carbocycles. The summed E-state index contributed by atoms with van der Waals surface area (Å²) in [4.78, 5) is 30.4. The lowest BCUT2D eigenvalue weighted by Crippen LogP contribution is -2.40. The first kappa shape index (κ1) is 17.9. The van der Waals surface area contributed by atoms with E-state index < -0.39 is 0 Å². The van der Waals surface area contributed by atoms with Crippen LogP contribution in [0, 0.1) is 0 Å². The van der Waals surface area contributed by atoms with Crippen LogP contribution in [0.5, 0.6) is 0 Å². The van der Waals surface area contributed by atoms with Crippen molar-refractivity contribution in [3.05, 3.63) is 74.1 Å². The molecule has 4 nitrogen and oxygen atoms in total. The molecule has 2 amide bonds. The zero-order chi connectivity index (χ0) is 18.6. The second kappa shape index (κ2) is 8.06. The third-order valence-electron chi connectivity index (χ3n) is 4.61. The fraction of sp³-hybridized carbons (Fsp3) is 0.238. The van der Waals surface area contributed by atoms with Gasteiger partial charge in [-0.15, -0.1) is 22.7 Å². The molecule has 4 rings (SSSR count). The van der Waals surface area contributed by atoms with Gasteiger partial charge in [0.05, 0.1) is 11.4 Å². The van der Waals surface area contributed by atoms with Crippen LogP contribution in [-0.4, -0.2) is 18.4 Å². The highest BCUT2D eigenvalue weighted by Crippen LogP contribution is 2.32. The summed E-state index contributed by atoms with van der Waals surface area (Å²) in [5.41, 5.74) is 2.03. The fourth-order valence-corrected chi connectivity index (χ4v) is 5.10. The molecule has 0 atom stereocenters. The molecule has 6 heteroatoms. The molecule has 1 aliphatic rings. The molecule has 0 fully saturated rings. The number of nitrogens with one attached hydrogen (secondary N) is 1. The number of benzene rings is 1. The standard InChI is InChI=1S/C21H20N2O2S2/c24-20(22-13-17-9-5-11-26-17)14-23(16-7-2-1-3-8-16)21(25)19-12-15-6-4-10-18(15)27-19/h1-3,5,7-9,11-12H,4,6,10,13-14H2,(H,22,24). The van der Waals surface area contributed by atoms with Crippen molar-refractivity contribution < 1.29 is 9.59 Å². The summed E-state index contributed by atoms with van der Waals surface area (Å²) in [6, 6.07) is 15.4. The lowest BCUT2D eigenvalue weighted by Gasteiger charge is -2.21. The monoisotopic (exact) mass is 396 g/mol. The molecule has 2 heterocycles. The van der Waals surface area contributed by atoms with Crippen molar-refractivity contribution in [2.75, 3.05) is 11.4 Å². The van der Waals surface area contributed by atoms with Crippen LogP contribution >= 0.6 is 22.7 Å². The summed E-state index contributed by atoms with van der Waals surface area (Å²) >= 11 is 3.17. The van der Waals surface area contributed by atoms with Crippen LogP contribution < -0.4 is 10.2 Å². The largest absolute Gasteiger partial charge is 0.350 e. The molecule has 0 radical (unpaired) electrons. The van der Waals surface area contributed by atoms with E-state index in [4.69, 9.17) is 0 Å². The summed E-state index contributed by atoms with van der Waals surface area (Å²) in [5, 5.41) is 4.89.